The first kappa shape index (κ1) is 20.0. The van der Waals surface area contributed by atoms with Gasteiger partial charge >= 0.3 is 5.97 Å². The van der Waals surface area contributed by atoms with Gasteiger partial charge in [-0.1, -0.05) is 24.6 Å². The zero-order valence-electron chi connectivity index (χ0n) is 14.9. The van der Waals surface area contributed by atoms with Gasteiger partial charge < -0.3 is 19.1 Å². The predicted octanol–water partition coefficient (Wildman–Crippen LogP) is 2.05. The van der Waals surface area contributed by atoms with Crippen LogP contribution < -0.4 is 4.74 Å². The molecule has 1 aromatic rings. The molecule has 134 valence electrons. The Morgan fingerprint density at radius 3 is 2.42 bits per heavy atom. The lowest BCUT2D eigenvalue weighted by Crippen LogP contribution is -2.40. The van der Waals surface area contributed by atoms with E-state index in [2.05, 4.69) is 0 Å². The van der Waals surface area contributed by atoms with E-state index in [4.69, 9.17) is 14.2 Å². The first-order valence-electron chi connectivity index (χ1n) is 8.02. The Morgan fingerprint density at radius 2 is 1.83 bits per heavy atom. The Hall–Kier alpha value is -2.08. The van der Waals surface area contributed by atoms with E-state index in [-0.39, 0.29) is 24.4 Å². The zero-order chi connectivity index (χ0) is 17.9. The van der Waals surface area contributed by atoms with E-state index in [0.717, 1.165) is 5.56 Å². The number of carbonyl (C=O) groups is 2. The van der Waals surface area contributed by atoms with Gasteiger partial charge in [0.05, 0.1) is 13.0 Å². The minimum atomic E-state index is -0.388. The van der Waals surface area contributed by atoms with Crippen molar-refractivity contribution in [2.45, 2.75) is 20.3 Å². The molecule has 1 unspecified atom stereocenters. The molecular formula is C18H27NO5. The summed E-state index contributed by atoms with van der Waals surface area (Å²) in [5, 5.41) is 0. The SMILES string of the molecule is COCCCN(CC(C)C(=O)OC)C(=O)COc1ccc(C)cc1. The highest BCUT2D eigenvalue weighted by Crippen LogP contribution is 2.12. The Balaban J connectivity index is 2.60. The summed E-state index contributed by atoms with van der Waals surface area (Å²) in [7, 11) is 2.96. The van der Waals surface area contributed by atoms with E-state index in [1.54, 1.807) is 18.9 Å². The lowest BCUT2D eigenvalue weighted by atomic mass is 10.1. The van der Waals surface area contributed by atoms with Gasteiger partial charge in [-0.05, 0) is 25.5 Å². The number of methoxy groups -OCH3 is 2. The second kappa shape index (κ2) is 10.6. The van der Waals surface area contributed by atoms with Crippen molar-refractivity contribution in [1.29, 1.82) is 0 Å². The second-order valence-electron chi connectivity index (χ2n) is 5.71. The molecule has 0 aliphatic rings. The molecule has 24 heavy (non-hydrogen) atoms. The number of amides is 1. The van der Waals surface area contributed by atoms with Gasteiger partial charge in [0.15, 0.2) is 6.61 Å². The van der Waals surface area contributed by atoms with Crippen LogP contribution in [-0.4, -0.2) is 57.3 Å². The summed E-state index contributed by atoms with van der Waals surface area (Å²) in [6, 6.07) is 7.51. The molecule has 0 aromatic heterocycles. The highest BCUT2D eigenvalue weighted by atomic mass is 16.5. The highest BCUT2D eigenvalue weighted by Gasteiger charge is 2.21. The summed E-state index contributed by atoms with van der Waals surface area (Å²) in [5.74, 6) is -0.242. The first-order chi connectivity index (χ1) is 11.5. The van der Waals surface area contributed by atoms with Crippen molar-refractivity contribution in [1.82, 2.24) is 4.90 Å². The van der Waals surface area contributed by atoms with Crippen LogP contribution in [0.15, 0.2) is 24.3 Å². The summed E-state index contributed by atoms with van der Waals surface area (Å²) in [6.45, 7) is 5.01. The molecule has 6 heteroatoms. The number of aryl methyl sites for hydroxylation is 1. The van der Waals surface area contributed by atoms with Crippen LogP contribution in [0.25, 0.3) is 0 Å². The van der Waals surface area contributed by atoms with Crippen molar-refractivity contribution in [3.8, 4) is 5.75 Å². The highest BCUT2D eigenvalue weighted by molar-refractivity contribution is 5.79. The predicted molar refractivity (Wildman–Crippen MR) is 90.9 cm³/mol. The molecular weight excluding hydrogens is 310 g/mol. The van der Waals surface area contributed by atoms with Crippen molar-refractivity contribution in [2.75, 3.05) is 40.5 Å². The maximum Gasteiger partial charge on any atom is 0.310 e. The number of rotatable bonds is 10. The van der Waals surface area contributed by atoms with Crippen LogP contribution in [0.5, 0.6) is 5.75 Å². The van der Waals surface area contributed by atoms with Gasteiger partial charge in [0.25, 0.3) is 5.91 Å². The van der Waals surface area contributed by atoms with Crippen LogP contribution in [0.4, 0.5) is 0 Å². The van der Waals surface area contributed by atoms with Crippen LogP contribution in [0.3, 0.4) is 0 Å². The summed E-state index contributed by atoms with van der Waals surface area (Å²) in [6.07, 6.45) is 0.695. The Morgan fingerprint density at radius 1 is 1.17 bits per heavy atom. The molecule has 0 spiro atoms. The smallest absolute Gasteiger partial charge is 0.310 e. The van der Waals surface area contributed by atoms with Crippen LogP contribution in [0.2, 0.25) is 0 Å². The van der Waals surface area contributed by atoms with Crippen molar-refractivity contribution >= 4 is 11.9 Å². The minimum absolute atomic E-state index is 0.0655. The van der Waals surface area contributed by atoms with Crippen LogP contribution in [0, 0.1) is 12.8 Å². The van der Waals surface area contributed by atoms with Gasteiger partial charge in [0, 0.05) is 26.8 Å². The van der Waals surface area contributed by atoms with E-state index in [0.29, 0.717) is 31.9 Å². The quantitative estimate of drug-likeness (QED) is 0.483. The minimum Gasteiger partial charge on any atom is -0.484 e. The van der Waals surface area contributed by atoms with E-state index in [1.165, 1.54) is 7.11 Å². The van der Waals surface area contributed by atoms with E-state index in [1.807, 2.05) is 31.2 Å². The average molecular weight is 337 g/mol. The molecule has 0 aliphatic carbocycles. The molecule has 0 bridgehead atoms. The van der Waals surface area contributed by atoms with Crippen molar-refractivity contribution in [2.24, 2.45) is 5.92 Å². The molecule has 6 nitrogen and oxygen atoms in total. The van der Waals surface area contributed by atoms with Crippen molar-refractivity contribution < 1.29 is 23.8 Å². The molecule has 0 saturated carbocycles. The lowest BCUT2D eigenvalue weighted by molar-refractivity contribution is -0.146. The van der Waals surface area contributed by atoms with Crippen LogP contribution in [-0.2, 0) is 19.1 Å². The molecule has 0 aliphatic heterocycles. The number of hydrogen-bond acceptors (Lipinski definition) is 5. The molecule has 1 aromatic carbocycles. The monoisotopic (exact) mass is 337 g/mol. The fourth-order valence-electron chi connectivity index (χ4n) is 2.19. The lowest BCUT2D eigenvalue weighted by Gasteiger charge is -2.25. The van der Waals surface area contributed by atoms with Gasteiger partial charge in [-0.25, -0.2) is 0 Å². The fourth-order valence-corrected chi connectivity index (χ4v) is 2.19. The third kappa shape index (κ3) is 7.00. The number of hydrogen-bond donors (Lipinski definition) is 0. The molecule has 0 fully saturated rings. The van der Waals surface area contributed by atoms with E-state index >= 15 is 0 Å². The summed E-state index contributed by atoms with van der Waals surface area (Å²) in [4.78, 5) is 25.6. The van der Waals surface area contributed by atoms with Crippen molar-refractivity contribution in [3.63, 3.8) is 0 Å². The zero-order valence-corrected chi connectivity index (χ0v) is 14.9. The standard InChI is InChI=1S/C18H27NO5/c1-14-6-8-16(9-7-14)24-13-17(20)19(10-5-11-22-3)12-15(2)18(21)23-4/h6-9,15H,5,10-13H2,1-4H3. The van der Waals surface area contributed by atoms with Crippen molar-refractivity contribution in [3.05, 3.63) is 29.8 Å². The molecule has 1 amide bonds. The Kier molecular flexibility index (Phi) is 8.86. The number of esters is 1. The Labute approximate surface area is 143 Å². The van der Waals surface area contributed by atoms with Gasteiger partial charge in [0.1, 0.15) is 5.75 Å². The number of nitrogens with zero attached hydrogens (tertiary/aromatic N) is 1. The third-order valence-electron chi connectivity index (χ3n) is 3.61. The van der Waals surface area contributed by atoms with E-state index in [9.17, 15) is 9.59 Å². The molecule has 0 saturated heterocycles. The summed E-state index contributed by atoms with van der Waals surface area (Å²) in [5.41, 5.74) is 1.13. The topological polar surface area (TPSA) is 65.1 Å². The molecule has 0 N–H and O–H groups in total. The maximum atomic E-state index is 12.4. The molecule has 0 radical (unpaired) electrons. The molecule has 1 atom stereocenters. The summed E-state index contributed by atoms with van der Waals surface area (Å²) < 4.78 is 15.3. The average Bonchev–Trinajstić information content (AvgIpc) is 2.59. The Bertz CT molecular complexity index is 515. The first-order valence-corrected chi connectivity index (χ1v) is 8.02. The third-order valence-corrected chi connectivity index (χ3v) is 3.61. The normalized spacial score (nSPS) is 11.7. The fraction of sp³-hybridized carbons (Fsp3) is 0.556. The number of ether oxygens (including phenoxy) is 3. The molecule has 0 heterocycles. The molecule has 1 rings (SSSR count). The largest absolute Gasteiger partial charge is 0.484 e. The number of benzene rings is 1. The van der Waals surface area contributed by atoms with Gasteiger partial charge in [0.2, 0.25) is 0 Å². The van der Waals surface area contributed by atoms with Crippen LogP contribution >= 0.6 is 0 Å². The van der Waals surface area contributed by atoms with Gasteiger partial charge in [-0.3, -0.25) is 9.59 Å². The van der Waals surface area contributed by atoms with E-state index < -0.39 is 0 Å². The van der Waals surface area contributed by atoms with Crippen LogP contribution in [0.1, 0.15) is 18.9 Å². The van der Waals surface area contributed by atoms with Gasteiger partial charge in [-0.15, -0.1) is 0 Å². The maximum absolute atomic E-state index is 12.4. The number of carbonyl (C=O) groups excluding carboxylic acids is 2. The second-order valence-corrected chi connectivity index (χ2v) is 5.71. The van der Waals surface area contributed by atoms with Gasteiger partial charge in [-0.2, -0.15) is 0 Å². The summed E-state index contributed by atoms with van der Waals surface area (Å²) >= 11 is 0.